The molecule has 0 aliphatic carbocycles. The Balaban J connectivity index is 1.75. The molecule has 5 nitrogen and oxygen atoms in total. The van der Waals surface area contributed by atoms with E-state index in [1.807, 2.05) is 4.90 Å². The summed E-state index contributed by atoms with van der Waals surface area (Å²) < 4.78 is 0. The van der Waals surface area contributed by atoms with Gasteiger partial charge in [-0.25, -0.2) is 0 Å². The molecule has 110 valence electrons. The minimum atomic E-state index is 0.310. The Morgan fingerprint density at radius 3 is 2.63 bits per heavy atom. The molecule has 0 aromatic carbocycles. The van der Waals surface area contributed by atoms with Crippen molar-refractivity contribution >= 4 is 5.91 Å². The average molecular weight is 268 g/mol. The van der Waals surface area contributed by atoms with Crippen LogP contribution >= 0.6 is 0 Å². The number of likely N-dealkylation sites (tertiary alicyclic amines) is 1. The molecule has 0 bridgehead atoms. The van der Waals surface area contributed by atoms with Crippen molar-refractivity contribution in [3.63, 3.8) is 0 Å². The first-order valence-electron chi connectivity index (χ1n) is 7.61. The number of hydrogen-bond acceptors (Lipinski definition) is 4. The van der Waals surface area contributed by atoms with E-state index < -0.39 is 0 Å². The van der Waals surface area contributed by atoms with E-state index in [2.05, 4.69) is 29.1 Å². The van der Waals surface area contributed by atoms with Crippen LogP contribution in [-0.4, -0.2) is 86.1 Å². The summed E-state index contributed by atoms with van der Waals surface area (Å²) in [6.07, 6.45) is 2.45. The van der Waals surface area contributed by atoms with Crippen LogP contribution in [0.3, 0.4) is 0 Å². The van der Waals surface area contributed by atoms with Gasteiger partial charge >= 0.3 is 0 Å². The molecule has 0 spiro atoms. The predicted molar refractivity (Wildman–Crippen MR) is 77.2 cm³/mol. The lowest BCUT2D eigenvalue weighted by Crippen LogP contribution is -2.52. The Labute approximate surface area is 116 Å². The molecule has 1 unspecified atom stereocenters. The third-order valence-corrected chi connectivity index (χ3v) is 4.21. The molecule has 1 atom stereocenters. The zero-order valence-electron chi connectivity index (χ0n) is 12.4. The molecule has 2 aliphatic rings. The summed E-state index contributed by atoms with van der Waals surface area (Å²) >= 11 is 0. The van der Waals surface area contributed by atoms with E-state index in [4.69, 9.17) is 0 Å². The van der Waals surface area contributed by atoms with Gasteiger partial charge < -0.3 is 15.1 Å². The van der Waals surface area contributed by atoms with Crippen LogP contribution in [-0.2, 0) is 4.79 Å². The molecule has 0 aromatic heterocycles. The Hall–Kier alpha value is -0.650. The molecule has 2 fully saturated rings. The van der Waals surface area contributed by atoms with Crippen molar-refractivity contribution < 1.29 is 4.79 Å². The number of carbonyl (C=O) groups is 1. The third kappa shape index (κ3) is 4.44. The molecular formula is C14H28N4O. The average Bonchev–Trinajstić information content (AvgIpc) is 2.40. The summed E-state index contributed by atoms with van der Waals surface area (Å²) in [7, 11) is 2.12. The number of likely N-dealkylation sites (N-methyl/N-ethyl adjacent to an activating group) is 2. The van der Waals surface area contributed by atoms with Gasteiger partial charge in [0.15, 0.2) is 0 Å². The first-order chi connectivity index (χ1) is 9.19. The fraction of sp³-hybridized carbons (Fsp3) is 0.929. The highest BCUT2D eigenvalue weighted by atomic mass is 16.2. The molecule has 0 radical (unpaired) electrons. The molecule has 1 amide bonds. The lowest BCUT2D eigenvalue weighted by Gasteiger charge is -2.36. The SMILES string of the molecule is CCNC1CCCN(CC(=O)N2CCN(C)CC2)C1. The highest BCUT2D eigenvalue weighted by Crippen LogP contribution is 2.10. The number of piperidine rings is 1. The van der Waals surface area contributed by atoms with Crippen LogP contribution in [0, 0.1) is 0 Å². The Bertz CT molecular complexity index is 287. The van der Waals surface area contributed by atoms with Gasteiger partial charge in [-0.1, -0.05) is 6.92 Å². The van der Waals surface area contributed by atoms with Gasteiger partial charge in [-0.05, 0) is 33.0 Å². The first kappa shape index (κ1) is 14.8. The van der Waals surface area contributed by atoms with Crippen molar-refractivity contribution in [3.05, 3.63) is 0 Å². The normalized spacial score (nSPS) is 26.6. The van der Waals surface area contributed by atoms with E-state index in [-0.39, 0.29) is 0 Å². The van der Waals surface area contributed by atoms with Gasteiger partial charge in [0.25, 0.3) is 0 Å². The van der Waals surface area contributed by atoms with Gasteiger partial charge in [0, 0.05) is 38.8 Å². The monoisotopic (exact) mass is 268 g/mol. The lowest BCUT2D eigenvalue weighted by atomic mass is 10.1. The van der Waals surface area contributed by atoms with Crippen LogP contribution in [0.1, 0.15) is 19.8 Å². The summed E-state index contributed by atoms with van der Waals surface area (Å²) in [6.45, 7) is 9.65. The van der Waals surface area contributed by atoms with Crippen molar-refractivity contribution in [1.29, 1.82) is 0 Å². The van der Waals surface area contributed by atoms with Crippen molar-refractivity contribution in [2.45, 2.75) is 25.8 Å². The molecule has 0 saturated carbocycles. The maximum atomic E-state index is 12.3. The number of hydrogen-bond donors (Lipinski definition) is 1. The zero-order valence-corrected chi connectivity index (χ0v) is 12.4. The standard InChI is InChI=1S/C14H28N4O/c1-3-15-13-5-4-6-17(11-13)12-14(19)18-9-7-16(2)8-10-18/h13,15H,3-12H2,1-2H3. The van der Waals surface area contributed by atoms with Gasteiger partial charge in [0.1, 0.15) is 0 Å². The Morgan fingerprint density at radius 2 is 1.95 bits per heavy atom. The molecule has 5 heteroatoms. The second-order valence-electron chi connectivity index (χ2n) is 5.82. The minimum Gasteiger partial charge on any atom is -0.339 e. The van der Waals surface area contributed by atoms with Crippen LogP contribution in [0.4, 0.5) is 0 Å². The molecule has 19 heavy (non-hydrogen) atoms. The Kier molecular flexibility index (Phi) is 5.60. The van der Waals surface area contributed by atoms with Crippen LogP contribution in [0.15, 0.2) is 0 Å². The van der Waals surface area contributed by atoms with Crippen molar-refractivity contribution in [2.24, 2.45) is 0 Å². The van der Waals surface area contributed by atoms with Crippen LogP contribution in [0.5, 0.6) is 0 Å². The summed E-state index contributed by atoms with van der Waals surface area (Å²) in [4.78, 5) is 18.9. The van der Waals surface area contributed by atoms with Crippen molar-refractivity contribution in [2.75, 3.05) is 59.4 Å². The number of rotatable bonds is 4. The van der Waals surface area contributed by atoms with E-state index in [1.165, 1.54) is 12.8 Å². The molecule has 2 heterocycles. The largest absolute Gasteiger partial charge is 0.339 e. The fourth-order valence-corrected chi connectivity index (χ4v) is 3.00. The molecule has 2 saturated heterocycles. The number of nitrogens with one attached hydrogen (secondary N) is 1. The van der Waals surface area contributed by atoms with Gasteiger partial charge in [0.05, 0.1) is 6.54 Å². The quantitative estimate of drug-likeness (QED) is 0.769. The third-order valence-electron chi connectivity index (χ3n) is 4.21. The van der Waals surface area contributed by atoms with Crippen LogP contribution < -0.4 is 5.32 Å². The zero-order chi connectivity index (χ0) is 13.7. The van der Waals surface area contributed by atoms with E-state index in [0.29, 0.717) is 18.5 Å². The van der Waals surface area contributed by atoms with Crippen molar-refractivity contribution in [3.8, 4) is 0 Å². The number of nitrogens with zero attached hydrogens (tertiary/aromatic N) is 3. The van der Waals surface area contributed by atoms with Gasteiger partial charge in [-0.3, -0.25) is 9.69 Å². The molecule has 0 aromatic rings. The Morgan fingerprint density at radius 1 is 1.21 bits per heavy atom. The molecule has 2 rings (SSSR count). The van der Waals surface area contributed by atoms with Gasteiger partial charge in [0.2, 0.25) is 5.91 Å². The van der Waals surface area contributed by atoms with Crippen molar-refractivity contribution in [1.82, 2.24) is 20.0 Å². The summed E-state index contributed by atoms with van der Waals surface area (Å²) in [5.74, 6) is 0.310. The van der Waals surface area contributed by atoms with Crippen LogP contribution in [0.2, 0.25) is 0 Å². The van der Waals surface area contributed by atoms with Gasteiger partial charge in [-0.2, -0.15) is 0 Å². The van der Waals surface area contributed by atoms with E-state index >= 15 is 0 Å². The lowest BCUT2D eigenvalue weighted by molar-refractivity contribution is -0.134. The van der Waals surface area contributed by atoms with Gasteiger partial charge in [-0.15, -0.1) is 0 Å². The number of amides is 1. The maximum Gasteiger partial charge on any atom is 0.236 e. The minimum absolute atomic E-state index is 0.310. The second kappa shape index (κ2) is 7.22. The van der Waals surface area contributed by atoms with E-state index in [1.54, 1.807) is 0 Å². The highest BCUT2D eigenvalue weighted by molar-refractivity contribution is 5.78. The summed E-state index contributed by atoms with van der Waals surface area (Å²) in [5, 5.41) is 3.50. The summed E-state index contributed by atoms with van der Waals surface area (Å²) in [5.41, 5.74) is 0. The fourth-order valence-electron chi connectivity index (χ4n) is 3.00. The number of piperazine rings is 1. The van der Waals surface area contributed by atoms with E-state index in [9.17, 15) is 4.79 Å². The topological polar surface area (TPSA) is 38.8 Å². The highest BCUT2D eigenvalue weighted by Gasteiger charge is 2.24. The smallest absolute Gasteiger partial charge is 0.236 e. The predicted octanol–water partition coefficient (Wildman–Crippen LogP) is -0.166. The maximum absolute atomic E-state index is 12.3. The first-order valence-corrected chi connectivity index (χ1v) is 7.61. The van der Waals surface area contributed by atoms with Crippen LogP contribution in [0.25, 0.3) is 0 Å². The number of carbonyl (C=O) groups excluding carboxylic acids is 1. The molecule has 1 N–H and O–H groups in total. The summed E-state index contributed by atoms with van der Waals surface area (Å²) in [6, 6.07) is 0.569. The molecular weight excluding hydrogens is 240 g/mol. The molecule has 2 aliphatic heterocycles. The van der Waals surface area contributed by atoms with E-state index in [0.717, 1.165) is 45.8 Å². The second-order valence-corrected chi connectivity index (χ2v) is 5.82.